The Kier molecular flexibility index (Phi) is 8.21. The maximum atomic E-state index is 13.7. The molecular weight excluding hydrogens is 461 g/mol. The van der Waals surface area contributed by atoms with Crippen molar-refractivity contribution >= 4 is 40.9 Å². The number of amides is 2. The van der Waals surface area contributed by atoms with E-state index in [9.17, 15) is 19.2 Å². The number of ether oxygens (including phenoxy) is 2. The zero-order valence-electron chi connectivity index (χ0n) is 18.0. The molecular formula is C25H19ClFN3O4. The highest BCUT2D eigenvalue weighted by atomic mass is 35.5. The Morgan fingerprint density at radius 2 is 1.79 bits per heavy atom. The average Bonchev–Trinajstić information content (AvgIpc) is 2.83. The van der Waals surface area contributed by atoms with E-state index in [-0.39, 0.29) is 27.8 Å². The number of nitrogens with one attached hydrogen (secondary N) is 2. The molecule has 34 heavy (non-hydrogen) atoms. The summed E-state index contributed by atoms with van der Waals surface area (Å²) in [5, 5.41) is 14.6. The largest absolute Gasteiger partial charge is 0.493 e. The van der Waals surface area contributed by atoms with Crippen LogP contribution in [0.15, 0.2) is 72.3 Å². The van der Waals surface area contributed by atoms with Crippen molar-refractivity contribution in [2.24, 2.45) is 0 Å². The molecule has 0 aliphatic rings. The predicted molar refractivity (Wildman–Crippen MR) is 127 cm³/mol. The van der Waals surface area contributed by atoms with Gasteiger partial charge < -0.3 is 20.1 Å². The zero-order chi connectivity index (χ0) is 24.5. The van der Waals surface area contributed by atoms with Gasteiger partial charge in [-0.15, -0.1) is 0 Å². The molecule has 3 aromatic carbocycles. The average molecular weight is 480 g/mol. The molecule has 0 saturated carbocycles. The summed E-state index contributed by atoms with van der Waals surface area (Å²) in [6, 6.07) is 19.3. The number of methoxy groups -OCH3 is 1. The highest BCUT2D eigenvalue weighted by molar-refractivity contribution is 6.32. The van der Waals surface area contributed by atoms with E-state index in [1.165, 1.54) is 43.5 Å². The van der Waals surface area contributed by atoms with E-state index < -0.39 is 24.2 Å². The van der Waals surface area contributed by atoms with Gasteiger partial charge in [-0.3, -0.25) is 9.59 Å². The minimum absolute atomic E-state index is 0.0208. The van der Waals surface area contributed by atoms with Gasteiger partial charge in [0, 0.05) is 5.69 Å². The lowest BCUT2D eigenvalue weighted by molar-refractivity contribution is -0.118. The van der Waals surface area contributed by atoms with Crippen molar-refractivity contribution in [3.05, 3.63) is 88.7 Å². The Bertz CT molecular complexity index is 1270. The van der Waals surface area contributed by atoms with Crippen LogP contribution in [0.5, 0.6) is 11.5 Å². The molecule has 0 unspecified atom stereocenters. The van der Waals surface area contributed by atoms with E-state index in [4.69, 9.17) is 21.1 Å². The molecule has 0 saturated heterocycles. The quantitative estimate of drug-likeness (QED) is 0.348. The summed E-state index contributed by atoms with van der Waals surface area (Å²) in [5.74, 6) is -1.51. The Balaban J connectivity index is 1.74. The molecule has 9 heteroatoms. The molecule has 7 nitrogen and oxygen atoms in total. The zero-order valence-corrected chi connectivity index (χ0v) is 18.7. The number of carbonyl (C=O) groups is 2. The molecule has 0 atom stereocenters. The van der Waals surface area contributed by atoms with Gasteiger partial charge in [-0.2, -0.15) is 5.26 Å². The Morgan fingerprint density at radius 3 is 2.47 bits per heavy atom. The van der Waals surface area contributed by atoms with Crippen LogP contribution in [0.4, 0.5) is 15.8 Å². The fourth-order valence-corrected chi connectivity index (χ4v) is 3.16. The van der Waals surface area contributed by atoms with E-state index in [0.717, 1.165) is 0 Å². The van der Waals surface area contributed by atoms with Gasteiger partial charge in [-0.1, -0.05) is 41.9 Å². The van der Waals surface area contributed by atoms with Gasteiger partial charge in [0.15, 0.2) is 18.1 Å². The summed E-state index contributed by atoms with van der Waals surface area (Å²) in [4.78, 5) is 24.6. The summed E-state index contributed by atoms with van der Waals surface area (Å²) >= 11 is 6.31. The number of hydrogen-bond donors (Lipinski definition) is 2. The van der Waals surface area contributed by atoms with E-state index in [2.05, 4.69) is 10.6 Å². The Hall–Kier alpha value is -4.35. The molecule has 0 bridgehead atoms. The standard InChI is InChI=1S/C25H19ClFN3O4/c1-33-22-13-16(11-17(14-28)25(32)29-18-7-3-2-4-8-18)12-19(26)24(22)34-15-23(31)30-21-10-6-5-9-20(21)27/h2-13H,15H2,1H3,(H,29,32)(H,30,31)/b17-11+. The van der Waals surface area contributed by atoms with E-state index in [1.807, 2.05) is 6.07 Å². The van der Waals surface area contributed by atoms with Gasteiger partial charge in [0.1, 0.15) is 17.5 Å². The van der Waals surface area contributed by atoms with Crippen LogP contribution in [-0.2, 0) is 9.59 Å². The molecule has 0 fully saturated rings. The van der Waals surface area contributed by atoms with Crippen LogP contribution in [0.3, 0.4) is 0 Å². The fourth-order valence-electron chi connectivity index (χ4n) is 2.88. The normalized spacial score (nSPS) is 10.7. The first-order valence-corrected chi connectivity index (χ1v) is 10.3. The van der Waals surface area contributed by atoms with E-state index in [0.29, 0.717) is 11.3 Å². The molecule has 0 aliphatic carbocycles. The van der Waals surface area contributed by atoms with Crippen molar-refractivity contribution in [2.45, 2.75) is 0 Å². The molecule has 0 heterocycles. The molecule has 0 spiro atoms. The third-order valence-electron chi connectivity index (χ3n) is 4.46. The minimum Gasteiger partial charge on any atom is -0.493 e. The maximum Gasteiger partial charge on any atom is 0.266 e. The first-order chi connectivity index (χ1) is 16.4. The van der Waals surface area contributed by atoms with Crippen LogP contribution in [0, 0.1) is 17.1 Å². The van der Waals surface area contributed by atoms with Crippen LogP contribution < -0.4 is 20.1 Å². The van der Waals surface area contributed by atoms with E-state index >= 15 is 0 Å². The number of hydrogen-bond acceptors (Lipinski definition) is 5. The van der Waals surface area contributed by atoms with Crippen LogP contribution >= 0.6 is 11.6 Å². The summed E-state index contributed by atoms with van der Waals surface area (Å²) in [6.45, 7) is -0.456. The number of benzene rings is 3. The van der Waals surface area contributed by atoms with Crippen molar-refractivity contribution in [1.82, 2.24) is 0 Å². The lowest BCUT2D eigenvalue weighted by atomic mass is 10.1. The number of para-hydroxylation sites is 2. The second kappa shape index (κ2) is 11.5. The monoisotopic (exact) mass is 479 g/mol. The van der Waals surface area contributed by atoms with Gasteiger partial charge in [0.25, 0.3) is 11.8 Å². The highest BCUT2D eigenvalue weighted by Gasteiger charge is 2.16. The summed E-state index contributed by atoms with van der Waals surface area (Å²) in [5.41, 5.74) is 0.818. The fraction of sp³-hybridized carbons (Fsp3) is 0.0800. The number of anilines is 2. The summed E-state index contributed by atoms with van der Waals surface area (Å²) in [6.07, 6.45) is 1.35. The minimum atomic E-state index is -0.600. The van der Waals surface area contributed by atoms with Crippen molar-refractivity contribution < 1.29 is 23.5 Å². The van der Waals surface area contributed by atoms with Gasteiger partial charge in [0.05, 0.1) is 17.8 Å². The van der Waals surface area contributed by atoms with Crippen molar-refractivity contribution in [2.75, 3.05) is 24.4 Å². The van der Waals surface area contributed by atoms with Crippen LogP contribution in [0.1, 0.15) is 5.56 Å². The van der Waals surface area contributed by atoms with Crippen LogP contribution in [0.2, 0.25) is 5.02 Å². The summed E-state index contributed by atoms with van der Waals surface area (Å²) in [7, 11) is 1.37. The molecule has 3 rings (SSSR count). The number of carbonyl (C=O) groups excluding carboxylic acids is 2. The van der Waals surface area contributed by atoms with E-state index in [1.54, 1.807) is 36.4 Å². The smallest absolute Gasteiger partial charge is 0.266 e. The Morgan fingerprint density at radius 1 is 1.09 bits per heavy atom. The molecule has 2 amide bonds. The van der Waals surface area contributed by atoms with Gasteiger partial charge in [-0.25, -0.2) is 4.39 Å². The van der Waals surface area contributed by atoms with Gasteiger partial charge in [0.2, 0.25) is 0 Å². The second-order valence-electron chi connectivity index (χ2n) is 6.84. The topological polar surface area (TPSA) is 100 Å². The lowest BCUT2D eigenvalue weighted by Gasteiger charge is -2.14. The van der Waals surface area contributed by atoms with Crippen molar-refractivity contribution in [3.63, 3.8) is 0 Å². The molecule has 0 radical (unpaired) electrons. The van der Waals surface area contributed by atoms with Crippen LogP contribution in [0.25, 0.3) is 6.08 Å². The molecule has 0 aliphatic heterocycles. The second-order valence-corrected chi connectivity index (χ2v) is 7.25. The highest BCUT2D eigenvalue weighted by Crippen LogP contribution is 2.37. The summed E-state index contributed by atoms with van der Waals surface area (Å²) < 4.78 is 24.5. The van der Waals surface area contributed by atoms with Crippen molar-refractivity contribution in [1.29, 1.82) is 5.26 Å². The van der Waals surface area contributed by atoms with Crippen molar-refractivity contribution in [3.8, 4) is 17.6 Å². The lowest BCUT2D eigenvalue weighted by Crippen LogP contribution is -2.21. The number of nitriles is 1. The third kappa shape index (κ3) is 6.34. The SMILES string of the molecule is COc1cc(/C=C(\C#N)C(=O)Nc2ccccc2)cc(Cl)c1OCC(=O)Nc1ccccc1F. The number of nitrogens with zero attached hydrogens (tertiary/aromatic N) is 1. The van der Waals surface area contributed by atoms with Gasteiger partial charge in [-0.05, 0) is 48.0 Å². The molecule has 172 valence electrons. The third-order valence-corrected chi connectivity index (χ3v) is 4.74. The first-order valence-electron chi connectivity index (χ1n) is 9.94. The predicted octanol–water partition coefficient (Wildman–Crippen LogP) is 5.05. The number of halogens is 2. The number of rotatable bonds is 8. The maximum absolute atomic E-state index is 13.7. The molecule has 3 aromatic rings. The molecule has 0 aromatic heterocycles. The first kappa shape index (κ1) is 24.3. The van der Waals surface area contributed by atoms with Crippen LogP contribution in [-0.4, -0.2) is 25.5 Å². The molecule has 2 N–H and O–H groups in total. The van der Waals surface area contributed by atoms with Gasteiger partial charge >= 0.3 is 0 Å². The Labute approximate surface area is 200 Å².